The van der Waals surface area contributed by atoms with Gasteiger partial charge < -0.3 is 10.6 Å². The van der Waals surface area contributed by atoms with E-state index in [4.69, 9.17) is 4.98 Å². The second kappa shape index (κ2) is 7.62. The van der Waals surface area contributed by atoms with Gasteiger partial charge in [-0.2, -0.15) is 0 Å². The molecule has 0 saturated heterocycles. The number of nitrogens with one attached hydrogen (secondary N) is 2. The van der Waals surface area contributed by atoms with Crippen molar-refractivity contribution in [1.29, 1.82) is 0 Å². The molecule has 21 heavy (non-hydrogen) atoms. The van der Waals surface area contributed by atoms with Crippen molar-refractivity contribution in [2.24, 2.45) is 5.92 Å². The lowest BCUT2D eigenvalue weighted by atomic mass is 10.0. The Morgan fingerprint density at radius 3 is 2.57 bits per heavy atom. The molecule has 1 heterocycles. The molecule has 0 bridgehead atoms. The summed E-state index contributed by atoms with van der Waals surface area (Å²) in [6, 6.07) is 0.558. The fourth-order valence-corrected chi connectivity index (χ4v) is 3.11. The van der Waals surface area contributed by atoms with Gasteiger partial charge in [0, 0.05) is 25.1 Å². The minimum Gasteiger partial charge on any atom is -0.373 e. The highest BCUT2D eigenvalue weighted by Crippen LogP contribution is 2.27. The van der Waals surface area contributed by atoms with E-state index in [1.165, 1.54) is 32.1 Å². The quantitative estimate of drug-likeness (QED) is 0.799. The highest BCUT2D eigenvalue weighted by atomic mass is 15.1. The van der Waals surface area contributed by atoms with E-state index in [0.717, 1.165) is 41.8 Å². The van der Waals surface area contributed by atoms with Crippen molar-refractivity contribution in [2.45, 2.75) is 71.8 Å². The van der Waals surface area contributed by atoms with Crippen LogP contribution in [-0.4, -0.2) is 23.1 Å². The van der Waals surface area contributed by atoms with E-state index < -0.39 is 0 Å². The first kappa shape index (κ1) is 16.1. The molecule has 1 fully saturated rings. The zero-order valence-corrected chi connectivity index (χ0v) is 14.0. The van der Waals surface area contributed by atoms with E-state index in [0.29, 0.717) is 6.04 Å². The molecule has 0 aromatic carbocycles. The van der Waals surface area contributed by atoms with Crippen molar-refractivity contribution < 1.29 is 0 Å². The van der Waals surface area contributed by atoms with Crippen LogP contribution in [0.15, 0.2) is 0 Å². The fourth-order valence-electron chi connectivity index (χ4n) is 3.11. The number of aromatic nitrogens is 2. The maximum atomic E-state index is 4.75. The van der Waals surface area contributed by atoms with Crippen molar-refractivity contribution in [2.75, 3.05) is 17.7 Å². The van der Waals surface area contributed by atoms with Gasteiger partial charge in [0.05, 0.1) is 0 Å². The number of nitrogens with zero attached hydrogens (tertiary/aromatic N) is 2. The smallest absolute Gasteiger partial charge is 0.134 e. The molecule has 1 aromatic rings. The highest BCUT2D eigenvalue weighted by Gasteiger charge is 2.18. The SMILES string of the molecule is CCCc1nc(NC)c(C)c(NC2CCCC(C)CC2)n1. The summed E-state index contributed by atoms with van der Waals surface area (Å²) in [7, 11) is 1.93. The molecule has 2 rings (SSSR count). The van der Waals surface area contributed by atoms with Crippen LogP contribution in [0.4, 0.5) is 11.6 Å². The van der Waals surface area contributed by atoms with Crippen LogP contribution < -0.4 is 10.6 Å². The van der Waals surface area contributed by atoms with Gasteiger partial charge in [0.1, 0.15) is 17.5 Å². The van der Waals surface area contributed by atoms with Crippen LogP contribution in [0.1, 0.15) is 63.8 Å². The number of rotatable bonds is 5. The summed E-state index contributed by atoms with van der Waals surface area (Å²) in [4.78, 5) is 9.35. The van der Waals surface area contributed by atoms with Gasteiger partial charge in [-0.25, -0.2) is 9.97 Å². The van der Waals surface area contributed by atoms with Gasteiger partial charge in [-0.15, -0.1) is 0 Å². The van der Waals surface area contributed by atoms with Crippen molar-refractivity contribution in [1.82, 2.24) is 9.97 Å². The number of anilines is 2. The molecule has 0 aliphatic heterocycles. The predicted molar refractivity (Wildman–Crippen MR) is 90.0 cm³/mol. The van der Waals surface area contributed by atoms with Crippen molar-refractivity contribution in [3.63, 3.8) is 0 Å². The molecule has 1 saturated carbocycles. The minimum atomic E-state index is 0.558. The van der Waals surface area contributed by atoms with Gasteiger partial charge in [0.25, 0.3) is 0 Å². The third-order valence-corrected chi connectivity index (χ3v) is 4.50. The third kappa shape index (κ3) is 4.32. The van der Waals surface area contributed by atoms with Crippen LogP contribution in [0.2, 0.25) is 0 Å². The Kier molecular flexibility index (Phi) is 5.83. The van der Waals surface area contributed by atoms with Crippen molar-refractivity contribution >= 4 is 11.6 Å². The van der Waals surface area contributed by atoms with Crippen LogP contribution in [0.25, 0.3) is 0 Å². The molecule has 2 atom stereocenters. The van der Waals surface area contributed by atoms with E-state index in [1.54, 1.807) is 0 Å². The van der Waals surface area contributed by atoms with Crippen LogP contribution in [-0.2, 0) is 6.42 Å². The molecule has 0 amide bonds. The summed E-state index contributed by atoms with van der Waals surface area (Å²) in [6.07, 6.45) is 8.53. The second-order valence-electron chi connectivity index (χ2n) is 6.42. The van der Waals surface area contributed by atoms with E-state index in [1.807, 2.05) is 7.05 Å². The van der Waals surface area contributed by atoms with Crippen LogP contribution in [0.3, 0.4) is 0 Å². The average molecular weight is 290 g/mol. The van der Waals surface area contributed by atoms with Crippen LogP contribution in [0.5, 0.6) is 0 Å². The topological polar surface area (TPSA) is 49.8 Å². The second-order valence-corrected chi connectivity index (χ2v) is 6.42. The molecule has 1 aliphatic carbocycles. The summed E-state index contributed by atoms with van der Waals surface area (Å²) in [5.41, 5.74) is 1.13. The van der Waals surface area contributed by atoms with Crippen LogP contribution >= 0.6 is 0 Å². The number of hydrogen-bond acceptors (Lipinski definition) is 4. The van der Waals surface area contributed by atoms with Gasteiger partial charge in [-0.3, -0.25) is 0 Å². The molecule has 1 aromatic heterocycles. The van der Waals surface area contributed by atoms with Crippen LogP contribution in [0, 0.1) is 12.8 Å². The molecule has 4 nitrogen and oxygen atoms in total. The predicted octanol–water partition coefficient (Wildman–Crippen LogP) is 4.16. The fraction of sp³-hybridized carbons (Fsp3) is 0.765. The zero-order chi connectivity index (χ0) is 15.2. The lowest BCUT2D eigenvalue weighted by Crippen LogP contribution is -2.21. The lowest BCUT2D eigenvalue weighted by Gasteiger charge is -2.20. The Morgan fingerprint density at radius 2 is 1.86 bits per heavy atom. The molecular weight excluding hydrogens is 260 g/mol. The molecule has 0 radical (unpaired) electrons. The number of hydrogen-bond donors (Lipinski definition) is 2. The van der Waals surface area contributed by atoms with Gasteiger partial charge >= 0.3 is 0 Å². The normalized spacial score (nSPS) is 22.7. The van der Waals surface area contributed by atoms with E-state index in [2.05, 4.69) is 36.4 Å². The van der Waals surface area contributed by atoms with E-state index in [9.17, 15) is 0 Å². The Labute approximate surface area is 129 Å². The molecular formula is C17H30N4. The van der Waals surface area contributed by atoms with E-state index in [-0.39, 0.29) is 0 Å². The average Bonchev–Trinajstić information content (AvgIpc) is 2.67. The van der Waals surface area contributed by atoms with E-state index >= 15 is 0 Å². The maximum absolute atomic E-state index is 4.75. The van der Waals surface area contributed by atoms with Gasteiger partial charge in [0.2, 0.25) is 0 Å². The Bertz CT molecular complexity index is 458. The molecule has 4 heteroatoms. The van der Waals surface area contributed by atoms with Crippen molar-refractivity contribution in [3.05, 3.63) is 11.4 Å². The molecule has 118 valence electrons. The maximum Gasteiger partial charge on any atom is 0.134 e. The Hall–Kier alpha value is -1.32. The summed E-state index contributed by atoms with van der Waals surface area (Å²) < 4.78 is 0. The first-order chi connectivity index (χ1) is 10.1. The van der Waals surface area contributed by atoms with Gasteiger partial charge in [-0.05, 0) is 38.5 Å². The van der Waals surface area contributed by atoms with Crippen molar-refractivity contribution in [3.8, 4) is 0 Å². The molecule has 1 aliphatic rings. The summed E-state index contributed by atoms with van der Waals surface area (Å²) in [5.74, 6) is 3.79. The third-order valence-electron chi connectivity index (χ3n) is 4.50. The first-order valence-corrected chi connectivity index (χ1v) is 8.45. The monoisotopic (exact) mass is 290 g/mol. The summed E-state index contributed by atoms with van der Waals surface area (Å²) in [6.45, 7) is 6.64. The first-order valence-electron chi connectivity index (χ1n) is 8.45. The Morgan fingerprint density at radius 1 is 1.10 bits per heavy atom. The molecule has 2 N–H and O–H groups in total. The number of aryl methyl sites for hydroxylation is 1. The van der Waals surface area contributed by atoms with Gasteiger partial charge in [-0.1, -0.05) is 26.7 Å². The lowest BCUT2D eigenvalue weighted by molar-refractivity contribution is 0.501. The summed E-state index contributed by atoms with van der Waals surface area (Å²) >= 11 is 0. The summed E-state index contributed by atoms with van der Waals surface area (Å²) in [5, 5.41) is 6.89. The molecule has 0 spiro atoms. The largest absolute Gasteiger partial charge is 0.373 e. The standard InChI is InChI=1S/C17H30N4/c1-5-7-15-20-16(18-4)13(3)17(21-15)19-14-9-6-8-12(2)10-11-14/h12,14H,5-11H2,1-4H3,(H2,18,19,20,21). The minimum absolute atomic E-state index is 0.558. The highest BCUT2D eigenvalue weighted by molar-refractivity contribution is 5.57. The Balaban J connectivity index is 2.15. The molecule has 2 unspecified atom stereocenters. The van der Waals surface area contributed by atoms with Gasteiger partial charge in [0.15, 0.2) is 0 Å². The zero-order valence-electron chi connectivity index (χ0n) is 14.0.